The Bertz CT molecular complexity index is 336. The fourth-order valence-corrected chi connectivity index (χ4v) is 2.64. The Labute approximate surface area is 111 Å². The molecule has 18 heavy (non-hydrogen) atoms. The number of nitrogens with one attached hydrogen (secondary N) is 1. The van der Waals surface area contributed by atoms with Gasteiger partial charge in [-0.05, 0) is 19.4 Å². The van der Waals surface area contributed by atoms with Gasteiger partial charge in [0.2, 0.25) is 0 Å². The van der Waals surface area contributed by atoms with Crippen LogP contribution < -0.4 is 5.32 Å². The summed E-state index contributed by atoms with van der Waals surface area (Å²) in [4.78, 5) is 4.42. The molecule has 0 aliphatic heterocycles. The molecule has 0 aromatic carbocycles. The first-order chi connectivity index (χ1) is 8.63. The van der Waals surface area contributed by atoms with Crippen molar-refractivity contribution in [3.8, 4) is 0 Å². The van der Waals surface area contributed by atoms with Gasteiger partial charge in [0.1, 0.15) is 5.82 Å². The third-order valence-electron chi connectivity index (χ3n) is 4.00. The first-order valence-corrected chi connectivity index (χ1v) is 6.88. The van der Waals surface area contributed by atoms with Gasteiger partial charge in [0, 0.05) is 39.0 Å². The molecule has 1 unspecified atom stereocenters. The molecule has 0 saturated heterocycles. The molecule has 104 valence electrons. The Morgan fingerprint density at radius 3 is 2.44 bits per heavy atom. The number of rotatable bonds is 8. The smallest absolute Gasteiger partial charge is 0.110 e. The van der Waals surface area contributed by atoms with Crippen molar-refractivity contribution in [1.29, 1.82) is 0 Å². The topological polar surface area (TPSA) is 39.1 Å². The molecule has 1 aromatic heterocycles. The van der Waals surface area contributed by atoms with Gasteiger partial charge in [0.15, 0.2) is 0 Å². The van der Waals surface area contributed by atoms with Crippen molar-refractivity contribution in [2.24, 2.45) is 7.05 Å². The molecule has 1 atom stereocenters. The molecule has 0 spiro atoms. The molecule has 4 nitrogen and oxygen atoms in total. The molecule has 0 radical (unpaired) electrons. The van der Waals surface area contributed by atoms with Crippen LogP contribution in [-0.2, 0) is 18.2 Å². The average molecular weight is 253 g/mol. The van der Waals surface area contributed by atoms with E-state index < -0.39 is 0 Å². The number of hydrogen-bond acceptors (Lipinski definition) is 3. The van der Waals surface area contributed by atoms with Crippen molar-refractivity contribution >= 4 is 0 Å². The van der Waals surface area contributed by atoms with Crippen molar-refractivity contribution in [2.45, 2.75) is 51.7 Å². The van der Waals surface area contributed by atoms with E-state index in [0.717, 1.165) is 31.6 Å². The molecule has 0 fully saturated rings. The second-order valence-corrected chi connectivity index (χ2v) is 4.74. The van der Waals surface area contributed by atoms with Crippen molar-refractivity contribution in [2.75, 3.05) is 13.7 Å². The highest BCUT2D eigenvalue weighted by molar-refractivity contribution is 5.01. The standard InChI is InChI=1S/C14H27N3O/c1-6-14(7-2,18-5)12(15-8-3)11-13-16-9-10-17(13)4/h9-10,12,15H,6-8,11H2,1-5H3. The van der Waals surface area contributed by atoms with Crippen LogP contribution in [0.5, 0.6) is 0 Å². The van der Waals surface area contributed by atoms with Crippen molar-refractivity contribution in [3.05, 3.63) is 18.2 Å². The number of likely N-dealkylation sites (N-methyl/N-ethyl adjacent to an activating group) is 1. The van der Waals surface area contributed by atoms with Crippen LogP contribution in [0, 0.1) is 0 Å². The van der Waals surface area contributed by atoms with Gasteiger partial charge in [-0.2, -0.15) is 0 Å². The van der Waals surface area contributed by atoms with Gasteiger partial charge >= 0.3 is 0 Å². The van der Waals surface area contributed by atoms with Gasteiger partial charge in [-0.15, -0.1) is 0 Å². The normalized spacial score (nSPS) is 13.8. The molecule has 1 rings (SSSR count). The average Bonchev–Trinajstić information content (AvgIpc) is 2.78. The number of aryl methyl sites for hydroxylation is 1. The van der Waals surface area contributed by atoms with E-state index >= 15 is 0 Å². The first kappa shape index (κ1) is 15.2. The van der Waals surface area contributed by atoms with Gasteiger partial charge in [0.25, 0.3) is 0 Å². The lowest BCUT2D eigenvalue weighted by atomic mass is 9.86. The highest BCUT2D eigenvalue weighted by atomic mass is 16.5. The summed E-state index contributed by atoms with van der Waals surface area (Å²) in [5, 5.41) is 3.56. The predicted molar refractivity (Wildman–Crippen MR) is 74.7 cm³/mol. The fourth-order valence-electron chi connectivity index (χ4n) is 2.64. The number of nitrogens with zero attached hydrogens (tertiary/aromatic N) is 2. The minimum Gasteiger partial charge on any atom is -0.377 e. The summed E-state index contributed by atoms with van der Waals surface area (Å²) in [6.45, 7) is 7.46. The third-order valence-corrected chi connectivity index (χ3v) is 4.00. The van der Waals surface area contributed by atoms with Gasteiger partial charge < -0.3 is 14.6 Å². The zero-order chi connectivity index (χ0) is 13.6. The molecule has 0 aliphatic rings. The summed E-state index contributed by atoms with van der Waals surface area (Å²) in [5.41, 5.74) is -0.109. The van der Waals surface area contributed by atoms with E-state index in [4.69, 9.17) is 4.74 Å². The highest BCUT2D eigenvalue weighted by Gasteiger charge is 2.35. The molecule has 0 bridgehead atoms. The zero-order valence-corrected chi connectivity index (χ0v) is 12.4. The van der Waals surface area contributed by atoms with E-state index in [2.05, 4.69) is 35.6 Å². The van der Waals surface area contributed by atoms with Crippen LogP contribution in [0.25, 0.3) is 0 Å². The van der Waals surface area contributed by atoms with E-state index in [9.17, 15) is 0 Å². The summed E-state index contributed by atoms with van der Waals surface area (Å²) < 4.78 is 7.92. The first-order valence-electron chi connectivity index (χ1n) is 6.88. The predicted octanol–water partition coefficient (Wildman–Crippen LogP) is 2.15. The minimum absolute atomic E-state index is 0.109. The lowest BCUT2D eigenvalue weighted by Gasteiger charge is -2.39. The molecule has 0 saturated carbocycles. The quantitative estimate of drug-likeness (QED) is 0.771. The number of aromatic nitrogens is 2. The van der Waals surface area contributed by atoms with Gasteiger partial charge in [0.05, 0.1) is 5.60 Å². The fraction of sp³-hybridized carbons (Fsp3) is 0.786. The Morgan fingerprint density at radius 1 is 1.39 bits per heavy atom. The lowest BCUT2D eigenvalue weighted by molar-refractivity contribution is -0.0474. The lowest BCUT2D eigenvalue weighted by Crippen LogP contribution is -2.53. The maximum absolute atomic E-state index is 5.84. The summed E-state index contributed by atoms with van der Waals surface area (Å²) in [5.74, 6) is 1.10. The number of ether oxygens (including phenoxy) is 1. The Balaban J connectivity index is 2.90. The summed E-state index contributed by atoms with van der Waals surface area (Å²) in [6.07, 6.45) is 6.74. The third kappa shape index (κ3) is 3.12. The Morgan fingerprint density at radius 2 is 2.06 bits per heavy atom. The minimum atomic E-state index is -0.109. The van der Waals surface area contributed by atoms with Crippen LogP contribution >= 0.6 is 0 Å². The monoisotopic (exact) mass is 253 g/mol. The van der Waals surface area contributed by atoms with E-state index in [1.165, 1.54) is 0 Å². The largest absolute Gasteiger partial charge is 0.377 e. The van der Waals surface area contributed by atoms with E-state index in [-0.39, 0.29) is 5.60 Å². The number of imidazole rings is 1. The SMILES string of the molecule is CCNC(Cc1nccn1C)C(CC)(CC)OC. The highest BCUT2D eigenvalue weighted by Crippen LogP contribution is 2.26. The van der Waals surface area contributed by atoms with Crippen molar-refractivity contribution in [1.82, 2.24) is 14.9 Å². The number of hydrogen-bond donors (Lipinski definition) is 1. The van der Waals surface area contributed by atoms with Crippen LogP contribution in [-0.4, -0.2) is 34.8 Å². The molecule has 4 heteroatoms. The van der Waals surface area contributed by atoms with Gasteiger partial charge in [-0.1, -0.05) is 20.8 Å². The molecule has 0 amide bonds. The molecular formula is C14H27N3O. The summed E-state index contributed by atoms with van der Waals surface area (Å²) in [6, 6.07) is 0.295. The summed E-state index contributed by atoms with van der Waals surface area (Å²) >= 11 is 0. The van der Waals surface area contributed by atoms with Crippen LogP contribution in [0.3, 0.4) is 0 Å². The van der Waals surface area contributed by atoms with Crippen LogP contribution in [0.2, 0.25) is 0 Å². The van der Waals surface area contributed by atoms with E-state index in [1.807, 2.05) is 26.6 Å². The maximum Gasteiger partial charge on any atom is 0.110 e. The van der Waals surface area contributed by atoms with E-state index in [1.54, 1.807) is 0 Å². The van der Waals surface area contributed by atoms with Crippen LogP contribution in [0.15, 0.2) is 12.4 Å². The van der Waals surface area contributed by atoms with Crippen molar-refractivity contribution in [3.63, 3.8) is 0 Å². The van der Waals surface area contributed by atoms with Crippen molar-refractivity contribution < 1.29 is 4.74 Å². The molecular weight excluding hydrogens is 226 g/mol. The summed E-state index contributed by atoms with van der Waals surface area (Å²) in [7, 11) is 3.85. The van der Waals surface area contributed by atoms with E-state index in [0.29, 0.717) is 6.04 Å². The van der Waals surface area contributed by atoms with Gasteiger partial charge in [-0.25, -0.2) is 4.98 Å². The van der Waals surface area contributed by atoms with Crippen LogP contribution in [0.4, 0.5) is 0 Å². The second kappa shape index (κ2) is 6.90. The zero-order valence-electron chi connectivity index (χ0n) is 12.4. The maximum atomic E-state index is 5.84. The second-order valence-electron chi connectivity index (χ2n) is 4.74. The van der Waals surface area contributed by atoms with Crippen LogP contribution in [0.1, 0.15) is 39.4 Å². The molecule has 1 aromatic rings. The number of methoxy groups -OCH3 is 1. The molecule has 1 heterocycles. The Hall–Kier alpha value is -0.870. The molecule has 0 aliphatic carbocycles. The van der Waals surface area contributed by atoms with Gasteiger partial charge in [-0.3, -0.25) is 0 Å². The molecule has 1 N–H and O–H groups in total. The Kier molecular flexibility index (Phi) is 5.82.